The Kier molecular flexibility index (Phi) is 5.08. The van der Waals surface area contributed by atoms with E-state index in [4.69, 9.17) is 32.7 Å². The van der Waals surface area contributed by atoms with Crippen LogP contribution in [0.2, 0.25) is 10.0 Å². The van der Waals surface area contributed by atoms with Crippen LogP contribution in [-0.4, -0.2) is 23.6 Å². The maximum Gasteiger partial charge on any atom is 0.264 e. The standard InChI is InChI=1S/C24H17Cl2NO5/c25-16-4-1-14(2-5-16)12-27-19-7-6-17(26)10-18(19)24(30,23(27)29)11-20(28)15-3-8-21-22(9-15)32-13-31-21/h1-10,30H,11-13H2. The Morgan fingerprint density at radius 3 is 2.47 bits per heavy atom. The molecule has 162 valence electrons. The lowest BCUT2D eigenvalue weighted by atomic mass is 9.88. The van der Waals surface area contributed by atoms with Gasteiger partial charge in [0.1, 0.15) is 0 Å². The van der Waals surface area contributed by atoms with E-state index < -0.39 is 23.7 Å². The molecule has 5 rings (SSSR count). The summed E-state index contributed by atoms with van der Waals surface area (Å²) in [6.07, 6.45) is -0.435. The van der Waals surface area contributed by atoms with E-state index >= 15 is 0 Å². The summed E-state index contributed by atoms with van der Waals surface area (Å²) in [6.45, 7) is 0.298. The maximum absolute atomic E-state index is 13.4. The Balaban J connectivity index is 1.48. The summed E-state index contributed by atoms with van der Waals surface area (Å²) in [4.78, 5) is 28.0. The van der Waals surface area contributed by atoms with Crippen LogP contribution in [-0.2, 0) is 16.9 Å². The van der Waals surface area contributed by atoms with E-state index in [1.165, 1.54) is 11.0 Å². The minimum Gasteiger partial charge on any atom is -0.454 e. The number of carbonyl (C=O) groups is 2. The minimum atomic E-state index is -2.04. The van der Waals surface area contributed by atoms with E-state index in [0.717, 1.165) is 5.56 Å². The quantitative estimate of drug-likeness (QED) is 0.546. The van der Waals surface area contributed by atoms with Crippen molar-refractivity contribution in [1.82, 2.24) is 0 Å². The van der Waals surface area contributed by atoms with Gasteiger partial charge in [0.05, 0.1) is 18.7 Å². The van der Waals surface area contributed by atoms with Gasteiger partial charge in [-0.15, -0.1) is 0 Å². The predicted molar refractivity (Wildman–Crippen MR) is 120 cm³/mol. The van der Waals surface area contributed by atoms with Crippen LogP contribution in [0.3, 0.4) is 0 Å². The van der Waals surface area contributed by atoms with E-state index in [9.17, 15) is 14.7 Å². The van der Waals surface area contributed by atoms with Crippen molar-refractivity contribution in [1.29, 1.82) is 0 Å². The lowest BCUT2D eigenvalue weighted by Gasteiger charge is -2.23. The van der Waals surface area contributed by atoms with Crippen molar-refractivity contribution in [2.75, 3.05) is 11.7 Å². The van der Waals surface area contributed by atoms with Gasteiger partial charge in [-0.05, 0) is 54.1 Å². The number of ketones is 1. The third kappa shape index (κ3) is 3.50. The van der Waals surface area contributed by atoms with Crippen molar-refractivity contribution < 1.29 is 24.2 Å². The fourth-order valence-electron chi connectivity index (χ4n) is 4.03. The van der Waals surface area contributed by atoms with Crippen LogP contribution < -0.4 is 14.4 Å². The first-order valence-corrected chi connectivity index (χ1v) is 10.6. The predicted octanol–water partition coefficient (Wildman–Crippen LogP) is 4.73. The number of benzene rings is 3. The molecule has 1 N–H and O–H groups in total. The van der Waals surface area contributed by atoms with Crippen molar-refractivity contribution in [3.05, 3.63) is 87.4 Å². The zero-order chi connectivity index (χ0) is 22.5. The highest BCUT2D eigenvalue weighted by molar-refractivity contribution is 6.31. The number of rotatable bonds is 5. The summed E-state index contributed by atoms with van der Waals surface area (Å²) in [6, 6.07) is 16.7. The summed E-state index contributed by atoms with van der Waals surface area (Å²) in [5, 5.41) is 12.4. The molecule has 6 nitrogen and oxygen atoms in total. The third-order valence-corrected chi connectivity index (χ3v) is 6.15. The van der Waals surface area contributed by atoms with Gasteiger partial charge in [-0.2, -0.15) is 0 Å². The highest BCUT2D eigenvalue weighted by Gasteiger charge is 2.51. The number of halogens is 2. The second-order valence-corrected chi connectivity index (χ2v) is 8.58. The molecule has 1 atom stereocenters. The van der Waals surface area contributed by atoms with Gasteiger partial charge < -0.3 is 19.5 Å². The molecule has 0 radical (unpaired) electrons. The largest absolute Gasteiger partial charge is 0.454 e. The molecule has 1 amide bonds. The molecule has 2 heterocycles. The van der Waals surface area contributed by atoms with Crippen molar-refractivity contribution >= 4 is 40.6 Å². The SMILES string of the molecule is O=C(CC1(O)C(=O)N(Cc2ccc(Cl)cc2)c2ccc(Cl)cc21)c1ccc2c(c1)OCO2. The van der Waals surface area contributed by atoms with Gasteiger partial charge in [-0.1, -0.05) is 35.3 Å². The van der Waals surface area contributed by atoms with Crippen molar-refractivity contribution in [3.63, 3.8) is 0 Å². The number of ether oxygens (including phenoxy) is 2. The molecule has 32 heavy (non-hydrogen) atoms. The maximum atomic E-state index is 13.4. The van der Waals surface area contributed by atoms with Gasteiger partial charge in [0.15, 0.2) is 22.9 Å². The number of fused-ring (bicyclic) bond motifs is 2. The van der Waals surface area contributed by atoms with Crippen LogP contribution in [0.25, 0.3) is 0 Å². The topological polar surface area (TPSA) is 76.1 Å². The van der Waals surface area contributed by atoms with E-state index in [1.807, 2.05) is 0 Å². The molecule has 1 unspecified atom stereocenters. The first-order valence-electron chi connectivity index (χ1n) is 9.87. The van der Waals surface area contributed by atoms with Gasteiger partial charge in [0.2, 0.25) is 6.79 Å². The van der Waals surface area contributed by atoms with Gasteiger partial charge in [0, 0.05) is 21.2 Å². The van der Waals surface area contributed by atoms with Crippen LogP contribution in [0.5, 0.6) is 11.5 Å². The molecular formula is C24H17Cl2NO5. The second-order valence-electron chi connectivity index (χ2n) is 7.71. The van der Waals surface area contributed by atoms with Gasteiger partial charge in [0.25, 0.3) is 5.91 Å². The minimum absolute atomic E-state index is 0.0843. The average Bonchev–Trinajstić information content (AvgIpc) is 3.32. The van der Waals surface area contributed by atoms with Crippen LogP contribution in [0.15, 0.2) is 60.7 Å². The Labute approximate surface area is 193 Å². The lowest BCUT2D eigenvalue weighted by Crippen LogP contribution is -2.41. The van der Waals surface area contributed by atoms with Crippen LogP contribution in [0.1, 0.15) is 27.9 Å². The van der Waals surface area contributed by atoms with E-state index in [-0.39, 0.29) is 13.3 Å². The molecule has 0 fully saturated rings. The monoisotopic (exact) mass is 469 g/mol. The highest BCUT2D eigenvalue weighted by atomic mass is 35.5. The molecule has 2 aliphatic heterocycles. The number of nitrogens with zero attached hydrogens (tertiary/aromatic N) is 1. The molecule has 8 heteroatoms. The number of amides is 1. The lowest BCUT2D eigenvalue weighted by molar-refractivity contribution is -0.136. The Morgan fingerprint density at radius 2 is 1.69 bits per heavy atom. The normalized spacial score (nSPS) is 18.7. The van der Waals surface area contributed by atoms with Crippen molar-refractivity contribution in [3.8, 4) is 11.5 Å². The summed E-state index contributed by atoms with van der Waals surface area (Å²) in [7, 11) is 0. The van der Waals surface area contributed by atoms with Crippen molar-refractivity contribution in [2.24, 2.45) is 0 Å². The average molecular weight is 470 g/mol. The fraction of sp³-hybridized carbons (Fsp3) is 0.167. The molecule has 3 aromatic rings. The summed E-state index contributed by atoms with van der Waals surface area (Å²) in [5.41, 5.74) is -0.0845. The fourth-order valence-corrected chi connectivity index (χ4v) is 4.33. The van der Waals surface area contributed by atoms with E-state index in [0.29, 0.717) is 38.4 Å². The van der Waals surface area contributed by atoms with Crippen molar-refractivity contribution in [2.45, 2.75) is 18.6 Å². The molecular weight excluding hydrogens is 453 g/mol. The summed E-state index contributed by atoms with van der Waals surface area (Å²) >= 11 is 12.1. The Hall–Kier alpha value is -3.06. The number of aliphatic hydroxyl groups is 1. The molecule has 0 bridgehead atoms. The molecule has 0 saturated carbocycles. The second kappa shape index (κ2) is 7.81. The number of anilines is 1. The molecule has 2 aliphatic rings. The molecule has 3 aromatic carbocycles. The Morgan fingerprint density at radius 1 is 0.969 bits per heavy atom. The summed E-state index contributed by atoms with van der Waals surface area (Å²) in [5.74, 6) is 0.00842. The van der Waals surface area contributed by atoms with E-state index in [2.05, 4.69) is 0 Å². The molecule has 0 spiro atoms. The number of Topliss-reactive ketones (excluding diaryl/α,β-unsaturated/α-hetero) is 1. The van der Waals surface area contributed by atoms with Crippen LogP contribution in [0.4, 0.5) is 5.69 Å². The van der Waals surface area contributed by atoms with E-state index in [1.54, 1.807) is 54.6 Å². The Bertz CT molecular complexity index is 1240. The molecule has 0 saturated heterocycles. The first-order chi connectivity index (χ1) is 15.3. The summed E-state index contributed by atoms with van der Waals surface area (Å²) < 4.78 is 10.6. The van der Waals surface area contributed by atoms with Gasteiger partial charge in [-0.25, -0.2) is 0 Å². The smallest absolute Gasteiger partial charge is 0.264 e. The zero-order valence-corrected chi connectivity index (χ0v) is 18.2. The zero-order valence-electron chi connectivity index (χ0n) is 16.7. The highest BCUT2D eigenvalue weighted by Crippen LogP contribution is 2.45. The third-order valence-electron chi connectivity index (χ3n) is 5.66. The first kappa shape index (κ1) is 20.8. The number of carbonyl (C=O) groups excluding carboxylic acids is 2. The molecule has 0 aliphatic carbocycles. The number of hydrogen-bond donors (Lipinski definition) is 1. The van der Waals surface area contributed by atoms with Gasteiger partial charge >= 0.3 is 0 Å². The van der Waals surface area contributed by atoms with Gasteiger partial charge in [-0.3, -0.25) is 9.59 Å². The molecule has 0 aromatic heterocycles. The van der Waals surface area contributed by atoms with Crippen LogP contribution in [0, 0.1) is 0 Å². The van der Waals surface area contributed by atoms with Crippen LogP contribution >= 0.6 is 23.2 Å². The number of hydrogen-bond acceptors (Lipinski definition) is 5.